The minimum atomic E-state index is -4.67. The minimum absolute atomic E-state index is 0. The van der Waals surface area contributed by atoms with Crippen molar-refractivity contribution >= 4 is 6.98 Å². The molecule has 0 radical (unpaired) electrons. The van der Waals surface area contributed by atoms with Crippen LogP contribution in [-0.4, -0.2) is 19.2 Å². The van der Waals surface area contributed by atoms with Gasteiger partial charge in [0.2, 0.25) is 0 Å². The Bertz CT molecular complexity index is 223. The van der Waals surface area contributed by atoms with Gasteiger partial charge in [-0.2, -0.15) is 0 Å². The Labute approximate surface area is 137 Å². The maximum absolute atomic E-state index is 12.7. The first kappa shape index (κ1) is 15.5. The molecule has 1 aliphatic heterocycles. The topological polar surface area (TPSA) is 9.23 Å². The van der Waals surface area contributed by atoms with E-state index in [4.69, 9.17) is 4.74 Å². The average molecular weight is 260 g/mol. The Hall–Kier alpha value is 1.45. The van der Waals surface area contributed by atoms with E-state index in [1.165, 1.54) is 0 Å². The van der Waals surface area contributed by atoms with Gasteiger partial charge < -0.3 is 17.7 Å². The molecule has 1 aliphatic carbocycles. The molecule has 0 bridgehead atoms. The smallest absolute Gasteiger partial charge is 0.449 e. The van der Waals surface area contributed by atoms with Crippen LogP contribution in [0.5, 0.6) is 0 Å². The van der Waals surface area contributed by atoms with Gasteiger partial charge in [-0.05, 0) is 19.3 Å². The molecule has 6 heteroatoms. The molecule has 1 atom stereocenters. The van der Waals surface area contributed by atoms with Crippen LogP contribution in [0.15, 0.2) is 0 Å². The summed E-state index contributed by atoms with van der Waals surface area (Å²) in [4.78, 5) is 0. The van der Waals surface area contributed by atoms with E-state index < -0.39 is 18.4 Å². The van der Waals surface area contributed by atoms with Gasteiger partial charge in [0, 0.05) is 6.61 Å². The minimum Gasteiger partial charge on any atom is -0.449 e. The number of hydrogen-bond donors (Lipinski definition) is 0. The fourth-order valence-electron chi connectivity index (χ4n) is 2.93. The van der Waals surface area contributed by atoms with Gasteiger partial charge in [-0.1, -0.05) is 31.5 Å². The summed E-state index contributed by atoms with van der Waals surface area (Å²) in [6, 6.07) is 0. The van der Waals surface area contributed by atoms with Gasteiger partial charge in [0.1, 0.15) is 0 Å². The second-order valence-corrected chi connectivity index (χ2v) is 4.97. The molecular weight excluding hydrogens is 243 g/mol. The summed E-state index contributed by atoms with van der Waals surface area (Å²) in [5.74, 6) is -1.07. The standard InChI is InChI=1S/C10H17BF3O.K/c12-11(13,14)9-4-7-15-10(8-9)5-2-1-3-6-10;/h9H,1-8H2;/q-1;+1. The maximum atomic E-state index is 12.7. The Morgan fingerprint density at radius 1 is 1.06 bits per heavy atom. The predicted molar refractivity (Wildman–Crippen MR) is 53.8 cm³/mol. The third kappa shape index (κ3) is 3.72. The molecule has 1 nitrogen and oxygen atoms in total. The second kappa shape index (κ2) is 6.06. The van der Waals surface area contributed by atoms with Gasteiger partial charge in [0.25, 0.3) is 0 Å². The van der Waals surface area contributed by atoms with Crippen molar-refractivity contribution in [3.63, 3.8) is 0 Å². The molecule has 0 aromatic carbocycles. The zero-order valence-corrected chi connectivity index (χ0v) is 13.0. The van der Waals surface area contributed by atoms with Crippen LogP contribution in [0.1, 0.15) is 44.9 Å². The SMILES string of the molecule is F[B-](F)(F)C1CCOC2(CCCCC2)C1.[K+]. The van der Waals surface area contributed by atoms with E-state index in [-0.39, 0.29) is 64.2 Å². The molecule has 1 unspecified atom stereocenters. The van der Waals surface area contributed by atoms with E-state index in [0.29, 0.717) is 6.61 Å². The van der Waals surface area contributed by atoms with E-state index in [2.05, 4.69) is 0 Å². The van der Waals surface area contributed by atoms with Crippen molar-refractivity contribution in [3.05, 3.63) is 0 Å². The van der Waals surface area contributed by atoms with Crippen molar-refractivity contribution in [1.29, 1.82) is 0 Å². The van der Waals surface area contributed by atoms with E-state index in [9.17, 15) is 12.9 Å². The molecule has 2 fully saturated rings. The van der Waals surface area contributed by atoms with Crippen LogP contribution in [0.2, 0.25) is 5.82 Å². The van der Waals surface area contributed by atoms with Gasteiger partial charge in [-0.25, -0.2) is 0 Å². The van der Waals surface area contributed by atoms with Gasteiger partial charge in [0.15, 0.2) is 0 Å². The first-order valence-electron chi connectivity index (χ1n) is 5.86. The van der Waals surface area contributed by atoms with Crippen molar-refractivity contribution < 1.29 is 69.1 Å². The van der Waals surface area contributed by atoms with Crippen molar-refractivity contribution in [1.82, 2.24) is 0 Å². The summed E-state index contributed by atoms with van der Waals surface area (Å²) in [5, 5.41) is 0. The van der Waals surface area contributed by atoms with E-state index in [1.54, 1.807) is 0 Å². The fraction of sp³-hybridized carbons (Fsp3) is 1.00. The molecule has 0 amide bonds. The number of ether oxygens (including phenoxy) is 1. The molecule has 88 valence electrons. The van der Waals surface area contributed by atoms with Gasteiger partial charge in [0.05, 0.1) is 5.60 Å². The van der Waals surface area contributed by atoms with E-state index in [1.807, 2.05) is 0 Å². The molecule has 1 saturated heterocycles. The molecule has 0 aromatic rings. The molecule has 1 spiro atoms. The van der Waals surface area contributed by atoms with Crippen LogP contribution in [0.3, 0.4) is 0 Å². The van der Waals surface area contributed by atoms with Crippen molar-refractivity contribution in [2.45, 2.75) is 56.4 Å². The summed E-state index contributed by atoms with van der Waals surface area (Å²) in [7, 11) is 0. The summed E-state index contributed by atoms with van der Waals surface area (Å²) in [6.07, 6.45) is 5.25. The van der Waals surface area contributed by atoms with E-state index in [0.717, 1.165) is 32.1 Å². The fourth-order valence-corrected chi connectivity index (χ4v) is 2.93. The third-order valence-electron chi connectivity index (χ3n) is 3.83. The van der Waals surface area contributed by atoms with Crippen molar-refractivity contribution in [2.75, 3.05) is 6.61 Å². The molecule has 0 aromatic heterocycles. The van der Waals surface area contributed by atoms with Crippen molar-refractivity contribution in [2.24, 2.45) is 0 Å². The molecular formula is C10H17BF3KO. The zero-order valence-electron chi connectivity index (χ0n) is 9.85. The van der Waals surface area contributed by atoms with Crippen LogP contribution in [0, 0.1) is 0 Å². The Kier molecular flexibility index (Phi) is 5.88. The second-order valence-electron chi connectivity index (χ2n) is 4.97. The third-order valence-corrected chi connectivity index (χ3v) is 3.83. The van der Waals surface area contributed by atoms with Crippen molar-refractivity contribution in [3.8, 4) is 0 Å². The average Bonchev–Trinajstić information content (AvgIpc) is 2.18. The summed E-state index contributed by atoms with van der Waals surface area (Å²) in [6.45, 7) is -4.37. The Morgan fingerprint density at radius 3 is 2.25 bits per heavy atom. The normalized spacial score (nSPS) is 29.8. The number of rotatable bonds is 1. The molecule has 0 N–H and O–H groups in total. The predicted octanol–water partition coefficient (Wildman–Crippen LogP) is 0.721. The summed E-state index contributed by atoms with van der Waals surface area (Å²) < 4.78 is 43.7. The first-order valence-corrected chi connectivity index (χ1v) is 5.86. The van der Waals surface area contributed by atoms with E-state index >= 15 is 0 Å². The van der Waals surface area contributed by atoms with Crippen LogP contribution < -0.4 is 51.4 Å². The quantitative estimate of drug-likeness (QED) is 0.631. The number of hydrogen-bond acceptors (Lipinski definition) is 1. The molecule has 16 heavy (non-hydrogen) atoms. The van der Waals surface area contributed by atoms with Crippen LogP contribution in [-0.2, 0) is 4.74 Å². The Balaban J connectivity index is 0.00000128. The zero-order chi connectivity index (χ0) is 10.9. The summed E-state index contributed by atoms with van der Waals surface area (Å²) >= 11 is 0. The largest absolute Gasteiger partial charge is 1.00 e. The number of halogens is 3. The van der Waals surface area contributed by atoms with Gasteiger partial charge >= 0.3 is 58.4 Å². The summed E-state index contributed by atoms with van der Waals surface area (Å²) in [5.41, 5.74) is -0.418. The molecule has 2 aliphatic rings. The molecule has 1 heterocycles. The maximum Gasteiger partial charge on any atom is 1.00 e. The van der Waals surface area contributed by atoms with Crippen LogP contribution in [0.4, 0.5) is 12.9 Å². The van der Waals surface area contributed by atoms with Crippen LogP contribution in [0.25, 0.3) is 0 Å². The van der Waals surface area contributed by atoms with Gasteiger partial charge in [-0.15, -0.1) is 0 Å². The monoisotopic (exact) mass is 260 g/mol. The van der Waals surface area contributed by atoms with Crippen LogP contribution >= 0.6 is 0 Å². The van der Waals surface area contributed by atoms with Gasteiger partial charge in [-0.3, -0.25) is 0 Å². The Morgan fingerprint density at radius 2 is 1.69 bits per heavy atom. The molecule has 1 saturated carbocycles. The first-order chi connectivity index (χ1) is 7.02. The molecule has 2 rings (SSSR count).